The van der Waals surface area contributed by atoms with Gasteiger partial charge in [-0.25, -0.2) is 4.68 Å². The molecule has 2 aromatic carbocycles. The summed E-state index contributed by atoms with van der Waals surface area (Å²) in [6.45, 7) is 8.24. The molecule has 35 heavy (non-hydrogen) atoms. The van der Waals surface area contributed by atoms with Crippen molar-refractivity contribution in [2.24, 2.45) is 0 Å². The molecule has 7 heteroatoms. The van der Waals surface area contributed by atoms with Gasteiger partial charge in [0.05, 0.1) is 11.4 Å². The van der Waals surface area contributed by atoms with Crippen LogP contribution in [-0.2, 0) is 21.4 Å². The third-order valence-electron chi connectivity index (χ3n) is 5.74. The van der Waals surface area contributed by atoms with E-state index in [-0.39, 0.29) is 29.7 Å². The molecule has 0 saturated heterocycles. The van der Waals surface area contributed by atoms with Crippen molar-refractivity contribution in [2.75, 3.05) is 5.32 Å². The van der Waals surface area contributed by atoms with Gasteiger partial charge in [-0.05, 0) is 56.0 Å². The van der Waals surface area contributed by atoms with Gasteiger partial charge < -0.3 is 10.6 Å². The van der Waals surface area contributed by atoms with E-state index in [1.54, 1.807) is 16.8 Å². The molecule has 1 atom stereocenters. The first-order chi connectivity index (χ1) is 16.6. The summed E-state index contributed by atoms with van der Waals surface area (Å²) in [5.74, 6) is 0.423. The van der Waals surface area contributed by atoms with Crippen LogP contribution in [-0.4, -0.2) is 27.6 Å². The molecule has 3 aromatic rings. The van der Waals surface area contributed by atoms with Crippen LogP contribution in [0, 0.1) is 0 Å². The second kappa shape index (κ2) is 12.0. The van der Waals surface area contributed by atoms with Gasteiger partial charge >= 0.3 is 0 Å². The van der Waals surface area contributed by atoms with Crippen LogP contribution in [0.1, 0.15) is 64.6 Å². The van der Waals surface area contributed by atoms with Gasteiger partial charge in [-0.15, -0.1) is 0 Å². The van der Waals surface area contributed by atoms with E-state index in [1.165, 1.54) is 5.56 Å². The van der Waals surface area contributed by atoms with E-state index in [0.717, 1.165) is 24.2 Å². The number of halogens is 1. The van der Waals surface area contributed by atoms with Crippen LogP contribution in [0.4, 0.5) is 5.82 Å². The summed E-state index contributed by atoms with van der Waals surface area (Å²) in [5.41, 5.74) is 2.76. The molecule has 0 aliphatic heterocycles. The van der Waals surface area contributed by atoms with Crippen LogP contribution in [0.3, 0.4) is 0 Å². The van der Waals surface area contributed by atoms with Crippen LogP contribution in [0.5, 0.6) is 0 Å². The van der Waals surface area contributed by atoms with Crippen LogP contribution >= 0.6 is 11.6 Å². The average molecular weight is 495 g/mol. The van der Waals surface area contributed by atoms with Crippen LogP contribution in [0.25, 0.3) is 5.69 Å². The Balaban J connectivity index is 1.50. The van der Waals surface area contributed by atoms with Crippen LogP contribution in [0.15, 0.2) is 60.7 Å². The Labute approximate surface area is 213 Å². The predicted molar refractivity (Wildman–Crippen MR) is 142 cm³/mol. The van der Waals surface area contributed by atoms with Gasteiger partial charge in [0, 0.05) is 35.4 Å². The van der Waals surface area contributed by atoms with Crippen molar-refractivity contribution in [3.8, 4) is 5.69 Å². The SMILES string of the molecule is CC(CCc1ccccc1)NC(=O)CCCC(=O)Nc1cc(C(C)(C)C)nn1-c1ccc(Cl)cc1. The molecular weight excluding hydrogens is 460 g/mol. The normalized spacial score (nSPS) is 12.3. The van der Waals surface area contributed by atoms with Gasteiger partial charge in [0.25, 0.3) is 0 Å². The Bertz CT molecular complexity index is 1120. The second-order valence-electron chi connectivity index (χ2n) is 9.95. The molecule has 1 heterocycles. The van der Waals surface area contributed by atoms with E-state index in [9.17, 15) is 9.59 Å². The fourth-order valence-corrected chi connectivity index (χ4v) is 3.80. The largest absolute Gasteiger partial charge is 0.354 e. The molecule has 0 bridgehead atoms. The highest BCUT2D eigenvalue weighted by atomic mass is 35.5. The summed E-state index contributed by atoms with van der Waals surface area (Å²) in [7, 11) is 0. The summed E-state index contributed by atoms with van der Waals surface area (Å²) in [6, 6.07) is 19.5. The minimum atomic E-state index is -0.174. The lowest BCUT2D eigenvalue weighted by atomic mass is 9.92. The van der Waals surface area contributed by atoms with Gasteiger partial charge in [0.15, 0.2) is 0 Å². The van der Waals surface area contributed by atoms with Crippen molar-refractivity contribution < 1.29 is 9.59 Å². The van der Waals surface area contributed by atoms with Gasteiger partial charge in [-0.2, -0.15) is 5.10 Å². The minimum absolute atomic E-state index is 0.0282. The number of carbonyl (C=O) groups is 2. The molecule has 0 saturated carbocycles. The zero-order valence-electron chi connectivity index (χ0n) is 21.0. The Morgan fingerprint density at radius 1 is 1.00 bits per heavy atom. The number of carbonyl (C=O) groups excluding carboxylic acids is 2. The van der Waals surface area contributed by atoms with Crippen molar-refractivity contribution in [3.63, 3.8) is 0 Å². The van der Waals surface area contributed by atoms with E-state index in [1.807, 2.05) is 43.3 Å². The average Bonchev–Trinajstić information content (AvgIpc) is 3.23. The molecule has 3 rings (SSSR count). The van der Waals surface area contributed by atoms with Crippen molar-refractivity contribution in [1.82, 2.24) is 15.1 Å². The molecule has 0 aliphatic carbocycles. The third kappa shape index (κ3) is 8.25. The highest BCUT2D eigenvalue weighted by Gasteiger charge is 2.21. The fraction of sp³-hybridized carbons (Fsp3) is 0.393. The van der Waals surface area contributed by atoms with Crippen molar-refractivity contribution >= 4 is 29.2 Å². The first-order valence-corrected chi connectivity index (χ1v) is 12.5. The molecular formula is C28H35ClN4O2. The molecule has 1 unspecified atom stereocenters. The van der Waals surface area contributed by atoms with Crippen molar-refractivity contribution in [1.29, 1.82) is 0 Å². The van der Waals surface area contributed by atoms with E-state index in [0.29, 0.717) is 23.7 Å². The molecule has 2 N–H and O–H groups in total. The topological polar surface area (TPSA) is 76.0 Å². The van der Waals surface area contributed by atoms with E-state index in [2.05, 4.69) is 43.5 Å². The highest BCUT2D eigenvalue weighted by Crippen LogP contribution is 2.27. The van der Waals surface area contributed by atoms with Gasteiger partial charge in [-0.3, -0.25) is 9.59 Å². The summed E-state index contributed by atoms with van der Waals surface area (Å²) in [5, 5.41) is 11.3. The molecule has 6 nitrogen and oxygen atoms in total. The van der Waals surface area contributed by atoms with E-state index >= 15 is 0 Å². The van der Waals surface area contributed by atoms with E-state index < -0.39 is 0 Å². The number of aryl methyl sites for hydroxylation is 1. The van der Waals surface area contributed by atoms with Crippen LogP contribution < -0.4 is 10.6 Å². The molecule has 0 aliphatic rings. The Morgan fingerprint density at radius 3 is 2.31 bits per heavy atom. The molecule has 2 amide bonds. The highest BCUT2D eigenvalue weighted by molar-refractivity contribution is 6.30. The zero-order chi connectivity index (χ0) is 25.4. The fourth-order valence-electron chi connectivity index (χ4n) is 3.68. The van der Waals surface area contributed by atoms with Crippen molar-refractivity contribution in [2.45, 2.75) is 71.3 Å². The smallest absolute Gasteiger partial charge is 0.225 e. The Morgan fingerprint density at radius 2 is 1.66 bits per heavy atom. The number of hydrogen-bond donors (Lipinski definition) is 2. The Hall–Kier alpha value is -3.12. The zero-order valence-corrected chi connectivity index (χ0v) is 21.7. The first-order valence-electron chi connectivity index (χ1n) is 12.1. The van der Waals surface area contributed by atoms with Crippen LogP contribution in [0.2, 0.25) is 5.02 Å². The number of anilines is 1. The standard InChI is InChI=1S/C28H35ClN4O2/c1-20(13-14-21-9-6-5-7-10-21)30-26(34)11-8-12-27(35)31-25-19-24(28(2,3)4)32-33(25)23-17-15-22(29)16-18-23/h5-7,9-10,15-20H,8,11-14H2,1-4H3,(H,30,34)(H,31,35). The summed E-state index contributed by atoms with van der Waals surface area (Å²) < 4.78 is 1.72. The maximum absolute atomic E-state index is 12.7. The number of benzene rings is 2. The van der Waals surface area contributed by atoms with Gasteiger partial charge in [0.2, 0.25) is 11.8 Å². The summed E-state index contributed by atoms with van der Waals surface area (Å²) >= 11 is 6.03. The quantitative estimate of drug-likeness (QED) is 0.359. The molecule has 1 aromatic heterocycles. The molecule has 186 valence electrons. The maximum atomic E-state index is 12.7. The number of nitrogens with zero attached hydrogens (tertiary/aromatic N) is 2. The van der Waals surface area contributed by atoms with E-state index in [4.69, 9.17) is 16.7 Å². The monoisotopic (exact) mass is 494 g/mol. The molecule has 0 radical (unpaired) electrons. The lowest BCUT2D eigenvalue weighted by Crippen LogP contribution is -2.32. The predicted octanol–water partition coefficient (Wildman–Crippen LogP) is 6.07. The lowest BCUT2D eigenvalue weighted by molar-refractivity contribution is -0.122. The number of amides is 2. The maximum Gasteiger partial charge on any atom is 0.225 e. The molecule has 0 spiro atoms. The number of nitrogens with one attached hydrogen (secondary N) is 2. The third-order valence-corrected chi connectivity index (χ3v) is 5.99. The first kappa shape index (κ1) is 26.5. The second-order valence-corrected chi connectivity index (χ2v) is 10.4. The Kier molecular flexibility index (Phi) is 9.10. The summed E-state index contributed by atoms with van der Waals surface area (Å²) in [4.78, 5) is 25.0. The van der Waals surface area contributed by atoms with Crippen molar-refractivity contribution in [3.05, 3.63) is 76.9 Å². The minimum Gasteiger partial charge on any atom is -0.354 e. The molecule has 0 fully saturated rings. The van der Waals surface area contributed by atoms with Gasteiger partial charge in [-0.1, -0.05) is 62.7 Å². The van der Waals surface area contributed by atoms with Gasteiger partial charge in [0.1, 0.15) is 5.82 Å². The summed E-state index contributed by atoms with van der Waals surface area (Å²) in [6.07, 6.45) is 2.84. The number of rotatable bonds is 10. The number of hydrogen-bond acceptors (Lipinski definition) is 3. The number of aromatic nitrogens is 2. The lowest BCUT2D eigenvalue weighted by Gasteiger charge is -2.14.